The van der Waals surface area contributed by atoms with Crippen LogP contribution in [0.4, 0.5) is 0 Å². The maximum absolute atomic E-state index is 12.2. The van der Waals surface area contributed by atoms with E-state index in [2.05, 4.69) is 25.8 Å². The first kappa shape index (κ1) is 16.9. The van der Waals surface area contributed by atoms with Crippen LogP contribution in [-0.4, -0.2) is 43.3 Å². The van der Waals surface area contributed by atoms with Crippen LogP contribution in [0.15, 0.2) is 10.7 Å². The van der Waals surface area contributed by atoms with Gasteiger partial charge in [-0.1, -0.05) is 10.4 Å². The van der Waals surface area contributed by atoms with E-state index in [1.807, 2.05) is 6.26 Å². The molecular formula is C14H21N7O2S. The molecule has 2 heterocycles. The maximum Gasteiger partial charge on any atom is 0.273 e. The Balaban J connectivity index is 1.53. The number of thioether (sulfide) groups is 1. The number of nitrogens with one attached hydrogen (secondary N) is 1. The number of hydrogen-bond acceptors (Lipinski definition) is 8. The van der Waals surface area contributed by atoms with Crippen molar-refractivity contribution in [1.82, 2.24) is 30.5 Å². The van der Waals surface area contributed by atoms with Gasteiger partial charge in [0.25, 0.3) is 5.91 Å². The molecular weight excluding hydrogens is 330 g/mol. The summed E-state index contributed by atoms with van der Waals surface area (Å²) in [5.41, 5.74) is 6.20. The molecule has 1 saturated carbocycles. The molecule has 1 aliphatic carbocycles. The van der Waals surface area contributed by atoms with Crippen LogP contribution in [0.1, 0.15) is 53.9 Å². The summed E-state index contributed by atoms with van der Waals surface area (Å²) in [4.78, 5) is 16.3. The van der Waals surface area contributed by atoms with Gasteiger partial charge >= 0.3 is 0 Å². The molecule has 24 heavy (non-hydrogen) atoms. The van der Waals surface area contributed by atoms with E-state index in [1.165, 1.54) is 0 Å². The second-order valence-electron chi connectivity index (χ2n) is 5.87. The summed E-state index contributed by atoms with van der Waals surface area (Å²) < 4.78 is 6.84. The molecule has 1 amide bonds. The summed E-state index contributed by atoms with van der Waals surface area (Å²) in [7, 11) is 0. The molecule has 2 aromatic rings. The molecule has 0 aliphatic heterocycles. The van der Waals surface area contributed by atoms with Gasteiger partial charge in [-0.05, 0) is 31.9 Å². The second kappa shape index (κ2) is 7.75. The summed E-state index contributed by atoms with van der Waals surface area (Å²) in [6.45, 7) is 0.172. The lowest BCUT2D eigenvalue weighted by Crippen LogP contribution is -2.28. The van der Waals surface area contributed by atoms with Gasteiger partial charge in [-0.15, -0.1) is 5.10 Å². The molecule has 3 N–H and O–H groups in total. The topological polar surface area (TPSA) is 125 Å². The summed E-state index contributed by atoms with van der Waals surface area (Å²) in [6.07, 6.45) is 7.52. The number of aromatic nitrogens is 5. The SMILES string of the molecule is CSCc1noc(CNC(=O)c2cn(C3CCC(N)CC3)nn2)n1. The van der Waals surface area contributed by atoms with Gasteiger partial charge < -0.3 is 15.6 Å². The third-order valence-electron chi connectivity index (χ3n) is 4.04. The summed E-state index contributed by atoms with van der Waals surface area (Å²) in [5.74, 6) is 1.37. The summed E-state index contributed by atoms with van der Waals surface area (Å²) in [5, 5.41) is 14.6. The Labute approximate surface area is 143 Å². The van der Waals surface area contributed by atoms with Crippen molar-refractivity contribution in [3.05, 3.63) is 23.6 Å². The van der Waals surface area contributed by atoms with E-state index in [0.717, 1.165) is 25.7 Å². The molecule has 1 fully saturated rings. The minimum Gasteiger partial charge on any atom is -0.342 e. The Morgan fingerprint density at radius 1 is 1.46 bits per heavy atom. The third-order valence-corrected chi connectivity index (χ3v) is 4.59. The lowest BCUT2D eigenvalue weighted by atomic mass is 9.92. The van der Waals surface area contributed by atoms with Gasteiger partial charge in [0.1, 0.15) is 0 Å². The molecule has 9 nitrogen and oxygen atoms in total. The van der Waals surface area contributed by atoms with Gasteiger partial charge in [0.05, 0.1) is 24.5 Å². The number of carbonyl (C=O) groups is 1. The van der Waals surface area contributed by atoms with Crippen molar-refractivity contribution < 1.29 is 9.32 Å². The normalized spacial score (nSPS) is 20.9. The first-order valence-corrected chi connectivity index (χ1v) is 9.31. The predicted molar refractivity (Wildman–Crippen MR) is 88.2 cm³/mol. The second-order valence-corrected chi connectivity index (χ2v) is 6.74. The fourth-order valence-corrected chi connectivity index (χ4v) is 3.10. The molecule has 1 aliphatic rings. The van der Waals surface area contributed by atoms with Crippen LogP contribution in [0.2, 0.25) is 0 Å². The monoisotopic (exact) mass is 351 g/mol. The molecule has 0 bridgehead atoms. The highest BCUT2D eigenvalue weighted by molar-refractivity contribution is 7.97. The van der Waals surface area contributed by atoms with Crippen LogP contribution in [0.5, 0.6) is 0 Å². The van der Waals surface area contributed by atoms with Gasteiger partial charge in [-0.25, -0.2) is 4.68 Å². The van der Waals surface area contributed by atoms with Crippen molar-refractivity contribution in [3.8, 4) is 0 Å². The number of amides is 1. The van der Waals surface area contributed by atoms with Gasteiger partial charge in [-0.2, -0.15) is 16.7 Å². The van der Waals surface area contributed by atoms with E-state index < -0.39 is 0 Å². The zero-order valence-electron chi connectivity index (χ0n) is 13.5. The highest BCUT2D eigenvalue weighted by atomic mass is 32.2. The molecule has 2 aromatic heterocycles. The van der Waals surface area contributed by atoms with Crippen LogP contribution in [-0.2, 0) is 12.3 Å². The van der Waals surface area contributed by atoms with E-state index in [0.29, 0.717) is 17.5 Å². The largest absolute Gasteiger partial charge is 0.342 e. The Morgan fingerprint density at radius 2 is 2.25 bits per heavy atom. The van der Waals surface area contributed by atoms with Crippen molar-refractivity contribution in [2.45, 2.75) is 50.1 Å². The molecule has 0 radical (unpaired) electrons. The predicted octanol–water partition coefficient (Wildman–Crippen LogP) is 0.896. The maximum atomic E-state index is 12.2. The molecule has 0 spiro atoms. The van der Waals surface area contributed by atoms with Crippen LogP contribution >= 0.6 is 11.8 Å². The van der Waals surface area contributed by atoms with E-state index in [1.54, 1.807) is 22.6 Å². The average Bonchev–Trinajstić information content (AvgIpc) is 3.23. The van der Waals surface area contributed by atoms with E-state index >= 15 is 0 Å². The number of carbonyl (C=O) groups excluding carboxylic acids is 1. The highest BCUT2D eigenvalue weighted by Crippen LogP contribution is 2.26. The van der Waals surface area contributed by atoms with Gasteiger partial charge in [0.15, 0.2) is 11.5 Å². The van der Waals surface area contributed by atoms with Crippen LogP contribution < -0.4 is 11.1 Å². The highest BCUT2D eigenvalue weighted by Gasteiger charge is 2.22. The standard InChI is InChI=1S/C14H21N7O2S/c1-24-8-12-17-13(23-19-12)6-16-14(22)11-7-21(20-18-11)10-4-2-9(15)3-5-10/h7,9-10H,2-6,8,15H2,1H3,(H,16,22). The van der Waals surface area contributed by atoms with Gasteiger partial charge in [0.2, 0.25) is 5.89 Å². The van der Waals surface area contributed by atoms with Crippen LogP contribution in [0.25, 0.3) is 0 Å². The van der Waals surface area contributed by atoms with Crippen molar-refractivity contribution in [2.75, 3.05) is 6.26 Å². The first-order chi connectivity index (χ1) is 11.7. The van der Waals surface area contributed by atoms with Gasteiger partial charge in [-0.3, -0.25) is 4.79 Å². The van der Waals surface area contributed by atoms with Crippen molar-refractivity contribution in [1.29, 1.82) is 0 Å². The van der Waals surface area contributed by atoms with Crippen molar-refractivity contribution in [2.24, 2.45) is 5.73 Å². The minimum atomic E-state index is -0.307. The Bertz CT molecular complexity index is 678. The lowest BCUT2D eigenvalue weighted by molar-refractivity contribution is 0.0941. The lowest BCUT2D eigenvalue weighted by Gasteiger charge is -2.25. The van der Waals surface area contributed by atoms with Crippen LogP contribution in [0, 0.1) is 0 Å². The first-order valence-electron chi connectivity index (χ1n) is 7.91. The Kier molecular flexibility index (Phi) is 5.46. The Morgan fingerprint density at radius 3 is 3.00 bits per heavy atom. The van der Waals surface area contributed by atoms with E-state index in [4.69, 9.17) is 10.3 Å². The zero-order chi connectivity index (χ0) is 16.9. The average molecular weight is 351 g/mol. The van der Waals surface area contributed by atoms with E-state index in [9.17, 15) is 4.79 Å². The van der Waals surface area contributed by atoms with Gasteiger partial charge in [0, 0.05) is 6.04 Å². The number of hydrogen-bond donors (Lipinski definition) is 2. The quantitative estimate of drug-likeness (QED) is 0.786. The molecule has 0 unspecified atom stereocenters. The minimum absolute atomic E-state index is 0.172. The van der Waals surface area contributed by atoms with E-state index in [-0.39, 0.29) is 30.2 Å². The molecule has 130 valence electrons. The number of nitrogens with two attached hydrogens (primary N) is 1. The molecule has 0 atom stereocenters. The Hall–Kier alpha value is -1.94. The van der Waals surface area contributed by atoms with Crippen LogP contribution in [0.3, 0.4) is 0 Å². The van der Waals surface area contributed by atoms with Crippen molar-refractivity contribution >= 4 is 17.7 Å². The third kappa shape index (κ3) is 4.12. The number of rotatable bonds is 6. The zero-order valence-corrected chi connectivity index (χ0v) is 14.3. The van der Waals surface area contributed by atoms with Crippen molar-refractivity contribution in [3.63, 3.8) is 0 Å². The number of nitrogens with zero attached hydrogens (tertiary/aromatic N) is 5. The molecule has 3 rings (SSSR count). The molecule has 10 heteroatoms. The summed E-state index contributed by atoms with van der Waals surface area (Å²) in [6, 6.07) is 0.543. The summed E-state index contributed by atoms with van der Waals surface area (Å²) >= 11 is 1.60. The fraction of sp³-hybridized carbons (Fsp3) is 0.643. The fourth-order valence-electron chi connectivity index (χ4n) is 2.72. The molecule has 0 aromatic carbocycles. The smallest absolute Gasteiger partial charge is 0.273 e. The molecule has 0 saturated heterocycles.